The molecule has 6 aliphatic carbocycles. The van der Waals surface area contributed by atoms with Crippen LogP contribution in [-0.2, 0) is 19.1 Å². The van der Waals surface area contributed by atoms with Gasteiger partial charge in [0.05, 0.1) is 13.2 Å². The molecule has 0 aromatic rings. The summed E-state index contributed by atoms with van der Waals surface area (Å²) in [6.45, 7) is 4.03. The fourth-order valence-corrected chi connectivity index (χ4v) is 6.97. The van der Waals surface area contributed by atoms with E-state index in [2.05, 4.69) is 0 Å². The number of hydrogen-bond acceptors (Lipinski definition) is 4. The maximum atomic E-state index is 11.1. The maximum Gasteiger partial charge on any atom is 0.302 e. The molecular weight excluding hydrogens is 256 g/mol. The van der Waals surface area contributed by atoms with Crippen LogP contribution < -0.4 is 0 Å². The summed E-state index contributed by atoms with van der Waals surface area (Å²) in [4.78, 5) is 22.3. The molecule has 4 unspecified atom stereocenters. The summed E-state index contributed by atoms with van der Waals surface area (Å²) >= 11 is 0. The van der Waals surface area contributed by atoms with Gasteiger partial charge < -0.3 is 9.47 Å². The SMILES string of the molecule is CC(=O)OC[C@@H]1C2[C@H]3C4C5[C@H]2[C@@H]5C([C@@H]43)[C@H]1COC(C)=O. The Labute approximate surface area is 118 Å². The average molecular weight is 276 g/mol. The lowest BCUT2D eigenvalue weighted by molar-refractivity contribution is -0.154. The second kappa shape index (κ2) is 3.40. The minimum absolute atomic E-state index is 0.190. The summed E-state index contributed by atoms with van der Waals surface area (Å²) in [5.74, 6) is 7.67. The van der Waals surface area contributed by atoms with Crippen molar-refractivity contribution in [3.63, 3.8) is 0 Å². The van der Waals surface area contributed by atoms with Gasteiger partial charge in [0.15, 0.2) is 0 Å². The van der Waals surface area contributed by atoms with Crippen molar-refractivity contribution in [2.45, 2.75) is 13.8 Å². The van der Waals surface area contributed by atoms with E-state index in [1.165, 1.54) is 13.8 Å². The molecule has 0 radical (unpaired) electrons. The zero-order valence-corrected chi connectivity index (χ0v) is 11.8. The van der Waals surface area contributed by atoms with Crippen LogP contribution >= 0.6 is 0 Å². The summed E-state index contributed by atoms with van der Waals surface area (Å²) in [7, 11) is 0. The van der Waals surface area contributed by atoms with Crippen molar-refractivity contribution in [2.75, 3.05) is 13.2 Å². The number of esters is 2. The second-order valence-electron chi connectivity index (χ2n) is 7.55. The van der Waals surface area contributed by atoms with E-state index in [0.29, 0.717) is 25.0 Å². The molecule has 0 N–H and O–H groups in total. The first kappa shape index (κ1) is 11.6. The molecule has 0 heterocycles. The zero-order chi connectivity index (χ0) is 13.8. The Balaban J connectivity index is 1.40. The molecule has 20 heavy (non-hydrogen) atoms. The van der Waals surface area contributed by atoms with E-state index < -0.39 is 0 Å². The van der Waals surface area contributed by atoms with Crippen LogP contribution in [0.2, 0.25) is 0 Å². The summed E-state index contributed by atoms with van der Waals surface area (Å²) in [5.41, 5.74) is 0. The van der Waals surface area contributed by atoms with Crippen LogP contribution in [0.4, 0.5) is 0 Å². The number of rotatable bonds is 4. The zero-order valence-electron chi connectivity index (χ0n) is 11.8. The first-order valence-electron chi connectivity index (χ1n) is 7.88. The Morgan fingerprint density at radius 2 is 0.950 bits per heavy atom. The molecule has 0 saturated heterocycles. The van der Waals surface area contributed by atoms with Gasteiger partial charge in [-0.2, -0.15) is 0 Å². The molecule has 2 bridgehead atoms. The van der Waals surface area contributed by atoms with Crippen molar-refractivity contribution in [1.29, 1.82) is 0 Å². The number of ether oxygens (including phenoxy) is 2. The molecule has 6 saturated carbocycles. The molecule has 4 nitrogen and oxygen atoms in total. The summed E-state index contributed by atoms with van der Waals surface area (Å²) in [6.07, 6.45) is 0. The third kappa shape index (κ3) is 1.16. The molecule has 0 spiro atoms. The average Bonchev–Trinajstić information content (AvgIpc) is 3.22. The molecule has 6 aliphatic rings. The highest BCUT2D eigenvalue weighted by molar-refractivity contribution is 5.66. The van der Waals surface area contributed by atoms with Crippen molar-refractivity contribution in [3.8, 4) is 0 Å². The smallest absolute Gasteiger partial charge is 0.302 e. The first-order valence-corrected chi connectivity index (χ1v) is 7.88. The van der Waals surface area contributed by atoms with Crippen molar-refractivity contribution >= 4 is 11.9 Å². The van der Waals surface area contributed by atoms with E-state index in [1.807, 2.05) is 0 Å². The number of hydrogen-bond donors (Lipinski definition) is 0. The Morgan fingerprint density at radius 1 is 0.650 bits per heavy atom. The standard InChI is InChI=1S/C16H20O4/c1-5(17)19-3-7-8(4-20-6(2)18)10-13-11-9(7)12-14(10)16(12)15(11)13/h7-16H,3-4H2,1-2H3/t7-,8-,9?,10?,11-,12+,13+,14+,15?,16?/m0/s1. The van der Waals surface area contributed by atoms with Gasteiger partial charge in [-0.1, -0.05) is 0 Å². The van der Waals surface area contributed by atoms with Crippen LogP contribution in [0.5, 0.6) is 0 Å². The highest BCUT2D eigenvalue weighted by Gasteiger charge is 2.90. The molecular formula is C16H20O4. The molecule has 108 valence electrons. The minimum Gasteiger partial charge on any atom is -0.466 e. The van der Waals surface area contributed by atoms with E-state index in [9.17, 15) is 9.59 Å². The van der Waals surface area contributed by atoms with Gasteiger partial charge in [0.25, 0.3) is 0 Å². The summed E-state index contributed by atoms with van der Waals surface area (Å²) < 4.78 is 10.7. The van der Waals surface area contributed by atoms with Gasteiger partial charge in [0, 0.05) is 25.7 Å². The summed E-state index contributed by atoms with van der Waals surface area (Å²) in [6, 6.07) is 0. The maximum absolute atomic E-state index is 11.1. The second-order valence-corrected chi connectivity index (χ2v) is 7.55. The summed E-state index contributed by atoms with van der Waals surface area (Å²) in [5, 5.41) is 0. The van der Waals surface area contributed by atoms with Gasteiger partial charge in [-0.05, 0) is 47.3 Å². The largest absolute Gasteiger partial charge is 0.466 e. The van der Waals surface area contributed by atoms with E-state index in [-0.39, 0.29) is 11.9 Å². The predicted octanol–water partition coefficient (Wildman–Crippen LogP) is 1.34. The molecule has 0 aromatic carbocycles. The number of carbonyl (C=O) groups excluding carboxylic acids is 2. The van der Waals surface area contributed by atoms with E-state index in [4.69, 9.17) is 9.47 Å². The van der Waals surface area contributed by atoms with Gasteiger partial charge >= 0.3 is 11.9 Å². The van der Waals surface area contributed by atoms with Gasteiger partial charge in [-0.15, -0.1) is 0 Å². The van der Waals surface area contributed by atoms with Crippen LogP contribution in [0.1, 0.15) is 13.8 Å². The van der Waals surface area contributed by atoms with Crippen LogP contribution in [0, 0.1) is 59.2 Å². The Bertz CT molecular complexity index is 449. The predicted molar refractivity (Wildman–Crippen MR) is 68.2 cm³/mol. The highest BCUT2D eigenvalue weighted by Crippen LogP contribution is 2.93. The van der Waals surface area contributed by atoms with Crippen molar-refractivity contribution in [2.24, 2.45) is 59.2 Å². The quantitative estimate of drug-likeness (QED) is 0.727. The molecule has 0 amide bonds. The van der Waals surface area contributed by atoms with E-state index in [0.717, 1.165) is 47.3 Å². The Kier molecular flexibility index (Phi) is 1.97. The lowest BCUT2D eigenvalue weighted by atomic mass is 9.59. The fraction of sp³-hybridized carbons (Fsp3) is 0.875. The number of fused-ring (bicyclic) bond motifs is 1. The normalized spacial score (nSPS) is 58.3. The Morgan fingerprint density at radius 3 is 1.25 bits per heavy atom. The lowest BCUT2D eigenvalue weighted by Gasteiger charge is -2.47. The van der Waals surface area contributed by atoms with E-state index >= 15 is 0 Å². The molecule has 6 fully saturated rings. The minimum atomic E-state index is -0.190. The van der Waals surface area contributed by atoms with Crippen LogP contribution in [-0.4, -0.2) is 25.2 Å². The molecule has 6 rings (SSSR count). The van der Waals surface area contributed by atoms with Crippen LogP contribution in [0.15, 0.2) is 0 Å². The highest BCUT2D eigenvalue weighted by atomic mass is 16.5. The lowest BCUT2D eigenvalue weighted by Crippen LogP contribution is -2.47. The van der Waals surface area contributed by atoms with E-state index in [1.54, 1.807) is 0 Å². The van der Waals surface area contributed by atoms with Crippen LogP contribution in [0.25, 0.3) is 0 Å². The monoisotopic (exact) mass is 276 g/mol. The van der Waals surface area contributed by atoms with Crippen molar-refractivity contribution < 1.29 is 19.1 Å². The van der Waals surface area contributed by atoms with Crippen molar-refractivity contribution in [1.82, 2.24) is 0 Å². The van der Waals surface area contributed by atoms with Crippen LogP contribution in [0.3, 0.4) is 0 Å². The third-order valence-corrected chi connectivity index (χ3v) is 7.10. The van der Waals surface area contributed by atoms with Crippen molar-refractivity contribution in [3.05, 3.63) is 0 Å². The molecule has 0 aliphatic heterocycles. The number of carbonyl (C=O) groups is 2. The van der Waals surface area contributed by atoms with Gasteiger partial charge in [0.2, 0.25) is 0 Å². The molecule has 0 aromatic heterocycles. The molecule has 4 heteroatoms. The first-order chi connectivity index (χ1) is 9.61. The Hall–Kier alpha value is -1.06. The molecule has 10 atom stereocenters. The van der Waals surface area contributed by atoms with Gasteiger partial charge in [0.1, 0.15) is 0 Å². The van der Waals surface area contributed by atoms with Gasteiger partial charge in [-0.3, -0.25) is 9.59 Å². The fourth-order valence-electron chi connectivity index (χ4n) is 6.97. The van der Waals surface area contributed by atoms with Gasteiger partial charge in [-0.25, -0.2) is 0 Å². The topological polar surface area (TPSA) is 52.6 Å². The third-order valence-electron chi connectivity index (χ3n) is 7.10.